The molecule has 1 aliphatic rings. The molecule has 0 aliphatic carbocycles. The van der Waals surface area contributed by atoms with Gasteiger partial charge in [0.15, 0.2) is 11.6 Å². The van der Waals surface area contributed by atoms with Crippen LogP contribution in [0, 0.1) is 23.0 Å². The number of nitrogens with zero attached hydrogens (tertiary/aromatic N) is 1. The Kier molecular flexibility index (Phi) is 4.99. The Balaban J connectivity index is 1.93. The van der Waals surface area contributed by atoms with E-state index in [1.165, 1.54) is 6.07 Å². The first-order valence-corrected chi connectivity index (χ1v) is 7.71. The van der Waals surface area contributed by atoms with Crippen LogP contribution in [0.2, 0.25) is 0 Å². The number of hydrogen-bond acceptors (Lipinski definition) is 2. The highest BCUT2D eigenvalue weighted by molar-refractivity contribution is 5.22. The Morgan fingerprint density at radius 2 is 1.86 bits per heavy atom. The summed E-state index contributed by atoms with van der Waals surface area (Å²) >= 11 is 0. The number of hydrogen-bond donors (Lipinski definition) is 1. The van der Waals surface area contributed by atoms with Gasteiger partial charge in [-0.05, 0) is 43.3 Å². The van der Waals surface area contributed by atoms with Crippen molar-refractivity contribution in [3.8, 4) is 0 Å². The minimum absolute atomic E-state index is 0.271. The van der Waals surface area contributed by atoms with Gasteiger partial charge in [-0.2, -0.15) is 0 Å². The van der Waals surface area contributed by atoms with Crippen molar-refractivity contribution in [3.05, 3.63) is 35.4 Å². The monoisotopic (exact) mass is 296 g/mol. The van der Waals surface area contributed by atoms with Crippen LogP contribution in [0.4, 0.5) is 8.78 Å². The maximum Gasteiger partial charge on any atom is 0.163 e. The third-order valence-electron chi connectivity index (χ3n) is 4.65. The zero-order valence-corrected chi connectivity index (χ0v) is 13.2. The summed E-state index contributed by atoms with van der Waals surface area (Å²) in [6.45, 7) is 9.37. The Bertz CT molecular complexity index is 474. The predicted octanol–water partition coefficient (Wildman–Crippen LogP) is 3.72. The first kappa shape index (κ1) is 16.4. The molecule has 118 valence electrons. The van der Waals surface area contributed by atoms with Crippen molar-refractivity contribution in [3.63, 3.8) is 0 Å². The van der Waals surface area contributed by atoms with Gasteiger partial charge in [-0.1, -0.05) is 32.9 Å². The second-order valence-electron chi connectivity index (χ2n) is 7.19. The van der Waals surface area contributed by atoms with Crippen molar-refractivity contribution in [2.24, 2.45) is 17.1 Å². The second kappa shape index (κ2) is 6.41. The maximum absolute atomic E-state index is 13.8. The Morgan fingerprint density at radius 3 is 2.43 bits per heavy atom. The van der Waals surface area contributed by atoms with E-state index < -0.39 is 17.7 Å². The minimum atomic E-state index is -0.825. The zero-order valence-electron chi connectivity index (χ0n) is 13.2. The molecule has 2 nitrogen and oxygen atoms in total. The zero-order chi connectivity index (χ0) is 15.6. The molecular formula is C17H26F2N2. The van der Waals surface area contributed by atoms with Crippen molar-refractivity contribution in [1.82, 2.24) is 4.90 Å². The molecule has 0 bridgehead atoms. The van der Waals surface area contributed by atoms with E-state index in [2.05, 4.69) is 25.7 Å². The van der Waals surface area contributed by atoms with Gasteiger partial charge in [0, 0.05) is 18.2 Å². The SMILES string of the molecule is CC(C)(C)C1CCN(CC(N)c2cccc(F)c2F)CC1. The largest absolute Gasteiger partial charge is 0.323 e. The van der Waals surface area contributed by atoms with Gasteiger partial charge < -0.3 is 10.6 Å². The van der Waals surface area contributed by atoms with Gasteiger partial charge in [0.2, 0.25) is 0 Å². The van der Waals surface area contributed by atoms with Crippen molar-refractivity contribution in [2.45, 2.75) is 39.7 Å². The van der Waals surface area contributed by atoms with Crippen LogP contribution in [0.15, 0.2) is 18.2 Å². The molecule has 0 spiro atoms. The van der Waals surface area contributed by atoms with Crippen molar-refractivity contribution in [2.75, 3.05) is 19.6 Å². The fourth-order valence-electron chi connectivity index (χ4n) is 3.16. The third kappa shape index (κ3) is 4.01. The van der Waals surface area contributed by atoms with Gasteiger partial charge in [0.1, 0.15) is 0 Å². The maximum atomic E-state index is 13.8. The lowest BCUT2D eigenvalue weighted by Gasteiger charge is -2.39. The molecule has 1 aromatic carbocycles. The van der Waals surface area contributed by atoms with E-state index in [0.717, 1.165) is 37.9 Å². The van der Waals surface area contributed by atoms with Crippen LogP contribution in [0.5, 0.6) is 0 Å². The summed E-state index contributed by atoms with van der Waals surface area (Å²) in [5.41, 5.74) is 6.68. The first-order valence-electron chi connectivity index (χ1n) is 7.71. The van der Waals surface area contributed by atoms with Crippen molar-refractivity contribution >= 4 is 0 Å². The standard InChI is InChI=1S/C17H26F2N2/c1-17(2,3)12-7-9-21(10-8-12)11-15(20)13-5-4-6-14(18)16(13)19/h4-6,12,15H,7-11,20H2,1-3H3. The van der Waals surface area contributed by atoms with Gasteiger partial charge >= 0.3 is 0 Å². The van der Waals surface area contributed by atoms with Crippen molar-refractivity contribution in [1.29, 1.82) is 0 Å². The number of benzene rings is 1. The van der Waals surface area contributed by atoms with E-state index in [-0.39, 0.29) is 5.56 Å². The van der Waals surface area contributed by atoms with Crippen LogP contribution in [0.25, 0.3) is 0 Å². The van der Waals surface area contributed by atoms with Crippen LogP contribution < -0.4 is 5.73 Å². The van der Waals surface area contributed by atoms with E-state index in [1.54, 1.807) is 6.07 Å². The van der Waals surface area contributed by atoms with E-state index in [4.69, 9.17) is 5.73 Å². The molecule has 1 aliphatic heterocycles. The van der Waals surface area contributed by atoms with Crippen LogP contribution in [0.3, 0.4) is 0 Å². The molecule has 1 unspecified atom stereocenters. The van der Waals surface area contributed by atoms with E-state index >= 15 is 0 Å². The number of nitrogens with two attached hydrogens (primary N) is 1. The lowest BCUT2D eigenvalue weighted by atomic mass is 9.75. The molecule has 0 saturated carbocycles. The van der Waals surface area contributed by atoms with E-state index in [9.17, 15) is 8.78 Å². The number of halogens is 2. The van der Waals surface area contributed by atoms with Gasteiger partial charge in [0.25, 0.3) is 0 Å². The molecule has 0 radical (unpaired) electrons. The fourth-order valence-corrected chi connectivity index (χ4v) is 3.16. The van der Waals surface area contributed by atoms with Crippen molar-refractivity contribution < 1.29 is 8.78 Å². The molecule has 1 saturated heterocycles. The Hall–Kier alpha value is -1.00. The summed E-state index contributed by atoms with van der Waals surface area (Å²) in [5.74, 6) is -0.917. The van der Waals surface area contributed by atoms with Gasteiger partial charge in [-0.15, -0.1) is 0 Å². The summed E-state index contributed by atoms with van der Waals surface area (Å²) < 4.78 is 27.0. The van der Waals surface area contributed by atoms with Crippen LogP contribution in [-0.2, 0) is 0 Å². The van der Waals surface area contributed by atoms with Crippen LogP contribution >= 0.6 is 0 Å². The summed E-state index contributed by atoms with van der Waals surface area (Å²) in [7, 11) is 0. The molecule has 0 amide bonds. The Morgan fingerprint density at radius 1 is 1.24 bits per heavy atom. The Labute approximate surface area is 126 Å². The topological polar surface area (TPSA) is 29.3 Å². The molecule has 1 heterocycles. The number of piperidine rings is 1. The van der Waals surface area contributed by atoms with Gasteiger partial charge in [-0.3, -0.25) is 0 Å². The molecule has 21 heavy (non-hydrogen) atoms. The minimum Gasteiger partial charge on any atom is -0.323 e. The smallest absolute Gasteiger partial charge is 0.163 e. The quantitative estimate of drug-likeness (QED) is 0.921. The highest BCUT2D eigenvalue weighted by Gasteiger charge is 2.29. The highest BCUT2D eigenvalue weighted by Crippen LogP contribution is 2.34. The first-order chi connectivity index (χ1) is 9.79. The van der Waals surface area contributed by atoms with Crippen LogP contribution in [-0.4, -0.2) is 24.5 Å². The molecule has 2 N–H and O–H groups in total. The molecule has 4 heteroatoms. The predicted molar refractivity (Wildman–Crippen MR) is 81.9 cm³/mol. The number of likely N-dealkylation sites (tertiary alicyclic amines) is 1. The normalized spacial score (nSPS) is 19.7. The van der Waals surface area contributed by atoms with E-state index in [0.29, 0.717) is 12.0 Å². The molecular weight excluding hydrogens is 270 g/mol. The summed E-state index contributed by atoms with van der Waals surface area (Å²) in [6.07, 6.45) is 2.28. The highest BCUT2D eigenvalue weighted by atomic mass is 19.2. The average molecular weight is 296 g/mol. The molecule has 0 aromatic heterocycles. The third-order valence-corrected chi connectivity index (χ3v) is 4.65. The van der Waals surface area contributed by atoms with Gasteiger partial charge in [-0.25, -0.2) is 8.78 Å². The molecule has 1 aromatic rings. The molecule has 1 atom stereocenters. The summed E-state index contributed by atoms with van der Waals surface area (Å²) in [4.78, 5) is 2.26. The fraction of sp³-hybridized carbons (Fsp3) is 0.647. The van der Waals surface area contributed by atoms with Crippen LogP contribution in [0.1, 0.15) is 45.2 Å². The summed E-state index contributed by atoms with van der Waals surface area (Å²) in [5, 5.41) is 0. The average Bonchev–Trinajstić information content (AvgIpc) is 2.41. The van der Waals surface area contributed by atoms with E-state index in [1.807, 2.05) is 0 Å². The lowest BCUT2D eigenvalue weighted by Crippen LogP contribution is -2.41. The molecule has 1 fully saturated rings. The van der Waals surface area contributed by atoms with Gasteiger partial charge in [0.05, 0.1) is 0 Å². The summed E-state index contributed by atoms with van der Waals surface area (Å²) in [6, 6.07) is 3.73. The lowest BCUT2D eigenvalue weighted by molar-refractivity contribution is 0.108. The second-order valence-corrected chi connectivity index (χ2v) is 7.19. The number of rotatable bonds is 3. The molecule has 2 rings (SSSR count).